The van der Waals surface area contributed by atoms with Crippen molar-refractivity contribution in [2.75, 3.05) is 6.61 Å². The highest BCUT2D eigenvalue weighted by molar-refractivity contribution is 14.1. The summed E-state index contributed by atoms with van der Waals surface area (Å²) in [5.41, 5.74) is -0.282. The zero-order valence-electron chi connectivity index (χ0n) is 15.6. The maximum Gasteiger partial charge on any atom is 0.330 e. The van der Waals surface area contributed by atoms with Crippen molar-refractivity contribution in [2.45, 2.75) is 24.9 Å². The Morgan fingerprint density at radius 1 is 1.16 bits per heavy atom. The van der Waals surface area contributed by atoms with Crippen LogP contribution in [0.25, 0.3) is 16.9 Å². The van der Waals surface area contributed by atoms with E-state index in [0.717, 1.165) is 20.6 Å². The van der Waals surface area contributed by atoms with E-state index >= 15 is 0 Å². The molecule has 15 heteroatoms. The molecule has 0 amide bonds. The van der Waals surface area contributed by atoms with Gasteiger partial charge in [-0.1, -0.05) is 5.21 Å². The first-order chi connectivity index (χ1) is 15.1. The Morgan fingerprint density at radius 2 is 1.81 bits per heavy atom. The Hall–Kier alpha value is -0.180. The van der Waals surface area contributed by atoms with E-state index in [0.29, 0.717) is 5.69 Å². The molecule has 0 spiro atoms. The minimum absolute atomic E-state index is 0.0962. The van der Waals surface area contributed by atoms with E-state index in [1.54, 1.807) is 6.20 Å². The van der Waals surface area contributed by atoms with Gasteiger partial charge in [0.05, 0.1) is 39.1 Å². The Morgan fingerprint density at radius 3 is 2.41 bits per heavy atom. The monoisotopic (exact) mass is 857 g/mol. The first-order valence-corrected chi connectivity index (χ1v) is 13.4. The average Bonchev–Trinajstić information content (AvgIpc) is 3.38. The van der Waals surface area contributed by atoms with E-state index in [1.807, 2.05) is 0 Å². The number of aliphatic hydroxyl groups is 2. The van der Waals surface area contributed by atoms with Crippen LogP contribution in [-0.2, 0) is 4.74 Å². The van der Waals surface area contributed by atoms with Crippen LogP contribution in [0.1, 0.15) is 12.6 Å². The number of aromatic amines is 1. The first-order valence-electron chi connectivity index (χ1n) is 8.88. The summed E-state index contributed by atoms with van der Waals surface area (Å²) in [5.74, 6) is 0. The molecule has 10 nitrogen and oxygen atoms in total. The SMILES string of the molecule is O=c1[nH]c(=O)n([C@H]2C[C@@H](O)[C@@H](CO)O2)cc1-c1cn(-c2c(Br)c(I)c(Br)c(I)c2Br)nn1. The fourth-order valence-corrected chi connectivity index (χ4v) is 7.14. The van der Waals surface area contributed by atoms with E-state index in [1.165, 1.54) is 15.4 Å². The van der Waals surface area contributed by atoms with Crippen molar-refractivity contribution in [1.29, 1.82) is 0 Å². The maximum atomic E-state index is 12.5. The van der Waals surface area contributed by atoms with Gasteiger partial charge in [0, 0.05) is 24.2 Å². The van der Waals surface area contributed by atoms with Crippen LogP contribution in [0.3, 0.4) is 0 Å². The van der Waals surface area contributed by atoms with Gasteiger partial charge >= 0.3 is 5.69 Å². The number of benzene rings is 1. The Balaban J connectivity index is 1.78. The zero-order chi connectivity index (χ0) is 23.3. The summed E-state index contributed by atoms with van der Waals surface area (Å²) in [7, 11) is 0. The van der Waals surface area contributed by atoms with E-state index < -0.39 is 29.7 Å². The number of aliphatic hydroxyl groups excluding tert-OH is 2. The Labute approximate surface area is 232 Å². The summed E-state index contributed by atoms with van der Waals surface area (Å²) >= 11 is 15.1. The second-order valence-corrected chi connectivity index (χ2v) is 11.3. The lowest BCUT2D eigenvalue weighted by molar-refractivity contribution is -0.0458. The summed E-state index contributed by atoms with van der Waals surface area (Å²) in [6, 6.07) is 0. The van der Waals surface area contributed by atoms with Gasteiger partial charge < -0.3 is 14.9 Å². The maximum absolute atomic E-state index is 12.5. The van der Waals surface area contributed by atoms with Crippen LogP contribution in [0.2, 0.25) is 0 Å². The summed E-state index contributed by atoms with van der Waals surface area (Å²) in [6.07, 6.45) is 0.430. The average molecular weight is 860 g/mol. The number of hydrogen-bond acceptors (Lipinski definition) is 7. The van der Waals surface area contributed by atoms with Crippen molar-refractivity contribution >= 4 is 93.0 Å². The van der Waals surface area contributed by atoms with Gasteiger partial charge in [0.15, 0.2) is 0 Å². The number of ether oxygens (including phenoxy) is 1. The molecule has 0 saturated carbocycles. The molecule has 3 aromatic rings. The van der Waals surface area contributed by atoms with Crippen molar-refractivity contribution in [1.82, 2.24) is 24.5 Å². The predicted molar refractivity (Wildman–Crippen MR) is 142 cm³/mol. The van der Waals surface area contributed by atoms with Crippen molar-refractivity contribution in [3.63, 3.8) is 0 Å². The summed E-state index contributed by atoms with van der Waals surface area (Å²) in [5, 5.41) is 27.6. The second-order valence-electron chi connectivity index (χ2n) is 6.79. The minimum Gasteiger partial charge on any atom is -0.394 e. The molecule has 1 aliphatic heterocycles. The van der Waals surface area contributed by atoms with Crippen molar-refractivity contribution < 1.29 is 14.9 Å². The summed E-state index contributed by atoms with van der Waals surface area (Å²) < 4.78 is 12.6. The topological polar surface area (TPSA) is 135 Å². The fraction of sp³-hybridized carbons (Fsp3) is 0.294. The molecule has 1 saturated heterocycles. The van der Waals surface area contributed by atoms with Gasteiger partial charge in [-0.2, -0.15) is 0 Å². The molecule has 32 heavy (non-hydrogen) atoms. The summed E-state index contributed by atoms with van der Waals surface area (Å²) in [6.45, 7) is -0.383. The number of nitrogens with zero attached hydrogens (tertiary/aromatic N) is 4. The lowest BCUT2D eigenvalue weighted by atomic mass is 10.2. The lowest BCUT2D eigenvalue weighted by Gasteiger charge is -2.15. The fourth-order valence-electron chi connectivity index (χ4n) is 3.22. The van der Waals surface area contributed by atoms with E-state index in [2.05, 4.69) is 108 Å². The van der Waals surface area contributed by atoms with Gasteiger partial charge in [0.1, 0.15) is 18.0 Å². The van der Waals surface area contributed by atoms with Gasteiger partial charge in [0.25, 0.3) is 5.56 Å². The summed E-state index contributed by atoms with van der Waals surface area (Å²) in [4.78, 5) is 27.1. The normalized spacial score (nSPS) is 20.8. The highest BCUT2D eigenvalue weighted by Gasteiger charge is 2.35. The van der Waals surface area contributed by atoms with Crippen LogP contribution in [0.5, 0.6) is 0 Å². The zero-order valence-corrected chi connectivity index (χ0v) is 24.7. The van der Waals surface area contributed by atoms with Gasteiger partial charge in [-0.25, -0.2) is 9.48 Å². The molecule has 4 rings (SSSR count). The molecule has 2 aromatic heterocycles. The second kappa shape index (κ2) is 9.82. The third kappa shape index (κ3) is 4.42. The molecule has 3 heterocycles. The molecule has 0 unspecified atom stereocenters. The quantitative estimate of drug-likeness (QED) is 0.209. The van der Waals surface area contributed by atoms with Crippen molar-refractivity contribution in [3.05, 3.63) is 53.8 Å². The van der Waals surface area contributed by atoms with Crippen LogP contribution in [0.4, 0.5) is 0 Å². The van der Waals surface area contributed by atoms with Gasteiger partial charge in [-0.05, 0) is 93.0 Å². The van der Waals surface area contributed by atoms with E-state index in [4.69, 9.17) is 4.74 Å². The van der Waals surface area contributed by atoms with Crippen molar-refractivity contribution in [2.24, 2.45) is 0 Å². The molecule has 0 bridgehead atoms. The minimum atomic E-state index is -0.926. The van der Waals surface area contributed by atoms with Gasteiger partial charge in [-0.15, -0.1) is 5.10 Å². The Bertz CT molecular complexity index is 1300. The van der Waals surface area contributed by atoms with E-state index in [-0.39, 0.29) is 24.3 Å². The third-order valence-electron chi connectivity index (χ3n) is 4.85. The Kier molecular flexibility index (Phi) is 7.65. The highest BCUT2D eigenvalue weighted by atomic mass is 127. The molecule has 1 aromatic carbocycles. The standard InChI is InChI=1S/C17H12Br3I2N5O5/c18-10-13(21)11(19)15(12(20)14(10)22)27-3-6(24-25-27)5-2-26(17(31)23-16(5)30)9-1-7(29)8(4-28)32-9/h2-3,7-9,28-29H,1,4H2,(H,23,30,31)/t7-,8-,9-/m1/s1. The molecule has 170 valence electrons. The number of hydrogen-bond donors (Lipinski definition) is 3. The molecule has 0 radical (unpaired) electrons. The number of halogens is 5. The van der Waals surface area contributed by atoms with Crippen molar-refractivity contribution in [3.8, 4) is 16.9 Å². The highest BCUT2D eigenvalue weighted by Crippen LogP contribution is 2.42. The van der Waals surface area contributed by atoms with E-state index in [9.17, 15) is 19.8 Å². The first kappa shape index (κ1) is 24.9. The number of rotatable bonds is 4. The molecule has 1 fully saturated rings. The molecule has 0 aliphatic carbocycles. The number of nitrogens with one attached hydrogen (secondary N) is 1. The predicted octanol–water partition coefficient (Wildman–Crippen LogP) is 2.92. The van der Waals surface area contributed by atoms with Crippen LogP contribution in [-0.4, -0.2) is 53.6 Å². The smallest absolute Gasteiger partial charge is 0.330 e. The number of H-pyrrole nitrogens is 1. The largest absolute Gasteiger partial charge is 0.394 e. The molecular formula is C17H12Br3I2N5O5. The molecule has 1 aliphatic rings. The van der Waals surface area contributed by atoms with Gasteiger partial charge in [0.2, 0.25) is 0 Å². The van der Waals surface area contributed by atoms with Gasteiger partial charge in [-0.3, -0.25) is 14.3 Å². The third-order valence-corrected chi connectivity index (χ3v) is 12.3. The van der Waals surface area contributed by atoms with Crippen LogP contribution in [0, 0.1) is 7.14 Å². The van der Waals surface area contributed by atoms with Crippen LogP contribution >= 0.6 is 93.0 Å². The van der Waals surface area contributed by atoms with Crippen LogP contribution in [0.15, 0.2) is 35.4 Å². The molecule has 3 atom stereocenters. The molecule has 3 N–H and O–H groups in total. The number of aromatic nitrogens is 5. The molecular weight excluding hydrogens is 848 g/mol. The van der Waals surface area contributed by atoms with Crippen LogP contribution < -0.4 is 11.2 Å². The lowest BCUT2D eigenvalue weighted by Crippen LogP contribution is -2.33.